The summed E-state index contributed by atoms with van der Waals surface area (Å²) in [6.45, 7) is 11.1. The molecule has 0 amide bonds. The second-order valence-electron chi connectivity index (χ2n) is 6.28. The first kappa shape index (κ1) is 14.4. The van der Waals surface area contributed by atoms with Gasteiger partial charge in [-0.3, -0.25) is 4.90 Å². The summed E-state index contributed by atoms with van der Waals surface area (Å²) in [6.07, 6.45) is 1.19. The summed E-state index contributed by atoms with van der Waals surface area (Å²) in [5.74, 6) is 0. The molecular weight excluding hydrogens is 234 g/mol. The van der Waals surface area contributed by atoms with E-state index in [1.54, 1.807) is 0 Å². The molecule has 3 nitrogen and oxygen atoms in total. The van der Waals surface area contributed by atoms with Gasteiger partial charge in [-0.1, -0.05) is 32.0 Å². The number of hydrogen-bond donors (Lipinski definition) is 1. The first-order chi connectivity index (χ1) is 9.11. The normalized spacial score (nSPS) is 17.7. The van der Waals surface area contributed by atoms with E-state index in [9.17, 15) is 0 Å². The fourth-order valence-corrected chi connectivity index (χ4v) is 2.43. The Hall–Kier alpha value is -1.06. The second-order valence-corrected chi connectivity index (χ2v) is 6.28. The summed E-state index contributed by atoms with van der Waals surface area (Å²) in [5, 5.41) is 0. The Morgan fingerprint density at radius 1 is 1.05 bits per heavy atom. The predicted octanol–water partition coefficient (Wildman–Crippen LogP) is 2.18. The van der Waals surface area contributed by atoms with Crippen molar-refractivity contribution in [3.63, 3.8) is 0 Å². The van der Waals surface area contributed by atoms with Crippen LogP contribution in [0.1, 0.15) is 20.3 Å². The summed E-state index contributed by atoms with van der Waals surface area (Å²) in [5.41, 5.74) is 7.42. The van der Waals surface area contributed by atoms with Gasteiger partial charge in [-0.25, -0.2) is 0 Å². The lowest BCUT2D eigenvalue weighted by molar-refractivity contribution is 0.211. The van der Waals surface area contributed by atoms with E-state index in [1.807, 2.05) is 0 Å². The zero-order chi connectivity index (χ0) is 13.7. The zero-order valence-electron chi connectivity index (χ0n) is 12.3. The lowest BCUT2D eigenvalue weighted by Crippen LogP contribution is -2.47. The molecule has 1 aliphatic rings. The zero-order valence-corrected chi connectivity index (χ0v) is 12.3. The fraction of sp³-hybridized carbons (Fsp3) is 0.625. The molecule has 0 saturated carbocycles. The smallest absolute Gasteiger partial charge is 0.0367 e. The van der Waals surface area contributed by atoms with Crippen LogP contribution in [0, 0.1) is 5.41 Å². The van der Waals surface area contributed by atoms with Crippen LogP contribution in [0.3, 0.4) is 0 Å². The molecule has 0 aliphatic carbocycles. The van der Waals surface area contributed by atoms with E-state index in [1.165, 1.54) is 18.7 Å². The van der Waals surface area contributed by atoms with Crippen LogP contribution in [0.4, 0.5) is 5.69 Å². The lowest BCUT2D eigenvalue weighted by atomic mass is 9.89. The largest absolute Gasteiger partial charge is 0.369 e. The number of benzene rings is 1. The average Bonchev–Trinajstić information content (AvgIpc) is 2.47. The minimum Gasteiger partial charge on any atom is -0.369 e. The van der Waals surface area contributed by atoms with Crippen molar-refractivity contribution in [1.29, 1.82) is 0 Å². The van der Waals surface area contributed by atoms with E-state index < -0.39 is 0 Å². The topological polar surface area (TPSA) is 32.5 Å². The van der Waals surface area contributed by atoms with E-state index in [0.717, 1.165) is 32.7 Å². The molecule has 19 heavy (non-hydrogen) atoms. The Labute approximate surface area is 117 Å². The van der Waals surface area contributed by atoms with Gasteiger partial charge in [0.2, 0.25) is 0 Å². The highest BCUT2D eigenvalue weighted by molar-refractivity contribution is 5.46. The molecule has 0 atom stereocenters. The van der Waals surface area contributed by atoms with E-state index in [-0.39, 0.29) is 5.41 Å². The number of nitrogens with zero attached hydrogens (tertiary/aromatic N) is 2. The fourth-order valence-electron chi connectivity index (χ4n) is 2.43. The quantitative estimate of drug-likeness (QED) is 0.882. The van der Waals surface area contributed by atoms with Gasteiger partial charge in [0.15, 0.2) is 0 Å². The second kappa shape index (κ2) is 6.40. The molecule has 106 valence electrons. The van der Waals surface area contributed by atoms with Gasteiger partial charge >= 0.3 is 0 Å². The highest BCUT2D eigenvalue weighted by Gasteiger charge is 2.20. The molecule has 2 rings (SSSR count). The summed E-state index contributed by atoms with van der Waals surface area (Å²) in [6, 6.07) is 10.7. The standard InChI is InChI=1S/C16H27N3/c1-16(2,14-17)8-9-18-10-12-19(13-11-18)15-6-4-3-5-7-15/h3-7H,8-14,17H2,1-2H3. The number of nitrogens with two attached hydrogens (primary N) is 1. The van der Waals surface area contributed by atoms with Crippen molar-refractivity contribution in [2.45, 2.75) is 20.3 Å². The van der Waals surface area contributed by atoms with Crippen LogP contribution in [-0.2, 0) is 0 Å². The van der Waals surface area contributed by atoms with Crippen molar-refractivity contribution in [3.05, 3.63) is 30.3 Å². The van der Waals surface area contributed by atoms with Gasteiger partial charge in [-0.05, 0) is 37.1 Å². The number of rotatable bonds is 5. The van der Waals surface area contributed by atoms with Crippen molar-refractivity contribution < 1.29 is 0 Å². The monoisotopic (exact) mass is 261 g/mol. The van der Waals surface area contributed by atoms with Crippen LogP contribution in [0.15, 0.2) is 30.3 Å². The van der Waals surface area contributed by atoms with Crippen LogP contribution in [0.2, 0.25) is 0 Å². The first-order valence-electron chi connectivity index (χ1n) is 7.33. The molecule has 0 bridgehead atoms. The highest BCUT2D eigenvalue weighted by atomic mass is 15.3. The molecule has 1 fully saturated rings. The van der Waals surface area contributed by atoms with Crippen LogP contribution < -0.4 is 10.6 Å². The van der Waals surface area contributed by atoms with Crippen molar-refractivity contribution in [3.8, 4) is 0 Å². The van der Waals surface area contributed by atoms with Crippen molar-refractivity contribution in [2.24, 2.45) is 11.1 Å². The Morgan fingerprint density at radius 3 is 2.26 bits per heavy atom. The molecule has 1 aromatic carbocycles. The highest BCUT2D eigenvalue weighted by Crippen LogP contribution is 2.20. The first-order valence-corrected chi connectivity index (χ1v) is 7.33. The average molecular weight is 261 g/mol. The maximum Gasteiger partial charge on any atom is 0.0367 e. The Balaban J connectivity index is 1.77. The molecule has 0 radical (unpaired) electrons. The van der Waals surface area contributed by atoms with Gasteiger partial charge < -0.3 is 10.6 Å². The summed E-state index contributed by atoms with van der Waals surface area (Å²) >= 11 is 0. The van der Waals surface area contributed by atoms with Gasteiger partial charge in [-0.2, -0.15) is 0 Å². The Morgan fingerprint density at radius 2 is 1.68 bits per heavy atom. The van der Waals surface area contributed by atoms with Gasteiger partial charge in [0.25, 0.3) is 0 Å². The maximum atomic E-state index is 5.79. The van der Waals surface area contributed by atoms with Crippen LogP contribution in [0.25, 0.3) is 0 Å². The molecule has 1 saturated heterocycles. The lowest BCUT2D eigenvalue weighted by Gasteiger charge is -2.37. The van der Waals surface area contributed by atoms with E-state index in [0.29, 0.717) is 0 Å². The van der Waals surface area contributed by atoms with Gasteiger partial charge in [0.1, 0.15) is 0 Å². The molecule has 0 aromatic heterocycles. The van der Waals surface area contributed by atoms with Gasteiger partial charge in [0, 0.05) is 31.9 Å². The molecule has 0 spiro atoms. The van der Waals surface area contributed by atoms with Crippen molar-refractivity contribution in [1.82, 2.24) is 4.90 Å². The summed E-state index contributed by atoms with van der Waals surface area (Å²) in [4.78, 5) is 5.04. The Kier molecular flexibility index (Phi) is 4.83. The molecule has 2 N–H and O–H groups in total. The number of hydrogen-bond acceptors (Lipinski definition) is 3. The number of piperazine rings is 1. The SMILES string of the molecule is CC(C)(CN)CCN1CCN(c2ccccc2)CC1. The molecular formula is C16H27N3. The maximum absolute atomic E-state index is 5.79. The van der Waals surface area contributed by atoms with E-state index >= 15 is 0 Å². The van der Waals surface area contributed by atoms with E-state index in [4.69, 9.17) is 5.73 Å². The molecule has 1 aliphatic heterocycles. The predicted molar refractivity (Wildman–Crippen MR) is 82.5 cm³/mol. The van der Waals surface area contributed by atoms with Crippen molar-refractivity contribution in [2.75, 3.05) is 44.2 Å². The Bertz CT molecular complexity index is 367. The third kappa shape index (κ3) is 4.22. The molecule has 3 heteroatoms. The summed E-state index contributed by atoms with van der Waals surface area (Å²) < 4.78 is 0. The van der Waals surface area contributed by atoms with Crippen LogP contribution in [-0.4, -0.2) is 44.2 Å². The third-order valence-electron chi connectivity index (χ3n) is 4.15. The minimum absolute atomic E-state index is 0.274. The van der Waals surface area contributed by atoms with Crippen LogP contribution in [0.5, 0.6) is 0 Å². The van der Waals surface area contributed by atoms with Gasteiger partial charge in [0.05, 0.1) is 0 Å². The summed E-state index contributed by atoms with van der Waals surface area (Å²) in [7, 11) is 0. The van der Waals surface area contributed by atoms with Crippen molar-refractivity contribution >= 4 is 5.69 Å². The molecule has 1 heterocycles. The molecule has 1 aromatic rings. The molecule has 0 unspecified atom stereocenters. The number of para-hydroxylation sites is 1. The van der Waals surface area contributed by atoms with Crippen LogP contribution >= 0.6 is 0 Å². The third-order valence-corrected chi connectivity index (χ3v) is 4.15. The van der Waals surface area contributed by atoms with E-state index in [2.05, 4.69) is 54.0 Å². The van der Waals surface area contributed by atoms with Gasteiger partial charge in [-0.15, -0.1) is 0 Å². The number of anilines is 1. The minimum atomic E-state index is 0.274.